The molecule has 0 atom stereocenters. The van der Waals surface area contributed by atoms with Crippen LogP contribution in [0, 0.1) is 6.92 Å². The van der Waals surface area contributed by atoms with Crippen LogP contribution >= 0.6 is 12.2 Å². The van der Waals surface area contributed by atoms with E-state index in [4.69, 9.17) is 22.7 Å². The number of aryl methyl sites for hydroxylation is 1. The standard InChI is InChI=1S/C12H11N3OS/c1-8-9(4-2-6-14-8)16-10-5-3-7-15-11(10)12(13)17/h2-7H,1H3,(H2,13,17). The van der Waals surface area contributed by atoms with E-state index >= 15 is 0 Å². The van der Waals surface area contributed by atoms with Crippen LogP contribution in [0.2, 0.25) is 0 Å². The van der Waals surface area contributed by atoms with E-state index in [1.54, 1.807) is 30.6 Å². The molecule has 2 N–H and O–H groups in total. The Morgan fingerprint density at radius 3 is 2.47 bits per heavy atom. The molecule has 0 amide bonds. The normalized spacial score (nSPS) is 9.94. The summed E-state index contributed by atoms with van der Waals surface area (Å²) in [5.41, 5.74) is 6.85. The molecule has 0 aliphatic carbocycles. The van der Waals surface area contributed by atoms with E-state index in [1.165, 1.54) is 0 Å². The van der Waals surface area contributed by atoms with Crippen molar-refractivity contribution in [3.63, 3.8) is 0 Å². The predicted molar refractivity (Wildman–Crippen MR) is 69.2 cm³/mol. The third-order valence-corrected chi connectivity index (χ3v) is 2.38. The van der Waals surface area contributed by atoms with Gasteiger partial charge in [0.1, 0.15) is 16.4 Å². The average Bonchev–Trinajstić information content (AvgIpc) is 2.32. The SMILES string of the molecule is Cc1ncccc1Oc1cccnc1C(N)=S. The van der Waals surface area contributed by atoms with Gasteiger partial charge in [-0.05, 0) is 31.2 Å². The summed E-state index contributed by atoms with van der Waals surface area (Å²) in [4.78, 5) is 8.44. The fourth-order valence-corrected chi connectivity index (χ4v) is 1.51. The smallest absolute Gasteiger partial charge is 0.156 e. The van der Waals surface area contributed by atoms with Crippen molar-refractivity contribution in [1.82, 2.24) is 9.97 Å². The second kappa shape index (κ2) is 4.88. The molecule has 2 aromatic heterocycles. The van der Waals surface area contributed by atoms with E-state index in [2.05, 4.69) is 9.97 Å². The summed E-state index contributed by atoms with van der Waals surface area (Å²) in [6.45, 7) is 1.87. The number of pyridine rings is 2. The maximum atomic E-state index is 5.71. The quantitative estimate of drug-likeness (QED) is 0.840. The Morgan fingerprint density at radius 2 is 1.82 bits per heavy atom. The van der Waals surface area contributed by atoms with Crippen LogP contribution in [0.25, 0.3) is 0 Å². The highest BCUT2D eigenvalue weighted by atomic mass is 32.1. The van der Waals surface area contributed by atoms with E-state index in [0.717, 1.165) is 5.69 Å². The molecule has 0 unspecified atom stereocenters. The van der Waals surface area contributed by atoms with Crippen LogP contribution in [0.5, 0.6) is 11.5 Å². The molecule has 0 fully saturated rings. The van der Waals surface area contributed by atoms with Gasteiger partial charge in [0, 0.05) is 12.4 Å². The lowest BCUT2D eigenvalue weighted by Crippen LogP contribution is -2.12. The van der Waals surface area contributed by atoms with Gasteiger partial charge in [-0.1, -0.05) is 12.2 Å². The molecular formula is C12H11N3OS. The first-order valence-corrected chi connectivity index (χ1v) is 5.43. The number of ether oxygens (including phenoxy) is 1. The molecule has 4 nitrogen and oxygen atoms in total. The van der Waals surface area contributed by atoms with E-state index in [1.807, 2.05) is 13.0 Å². The van der Waals surface area contributed by atoms with Crippen molar-refractivity contribution >= 4 is 17.2 Å². The van der Waals surface area contributed by atoms with Crippen LogP contribution in [0.1, 0.15) is 11.4 Å². The van der Waals surface area contributed by atoms with Gasteiger partial charge in [0.05, 0.1) is 5.69 Å². The maximum absolute atomic E-state index is 5.71. The van der Waals surface area contributed by atoms with Crippen LogP contribution in [0.4, 0.5) is 0 Å². The summed E-state index contributed by atoms with van der Waals surface area (Å²) in [6, 6.07) is 7.18. The van der Waals surface area contributed by atoms with Gasteiger partial charge in [0.15, 0.2) is 5.75 Å². The first-order valence-electron chi connectivity index (χ1n) is 5.03. The summed E-state index contributed by atoms with van der Waals surface area (Å²) >= 11 is 4.92. The molecule has 2 rings (SSSR count). The number of hydrogen-bond donors (Lipinski definition) is 1. The van der Waals surface area contributed by atoms with Crippen LogP contribution in [0.15, 0.2) is 36.7 Å². The van der Waals surface area contributed by atoms with Gasteiger partial charge in [0.2, 0.25) is 0 Å². The average molecular weight is 245 g/mol. The second-order valence-corrected chi connectivity index (χ2v) is 3.84. The molecule has 0 saturated carbocycles. The van der Waals surface area contributed by atoms with E-state index in [9.17, 15) is 0 Å². The molecular weight excluding hydrogens is 234 g/mol. The van der Waals surface area contributed by atoms with Gasteiger partial charge in [-0.2, -0.15) is 0 Å². The predicted octanol–water partition coefficient (Wildman–Crippen LogP) is 2.21. The van der Waals surface area contributed by atoms with Crippen molar-refractivity contribution in [3.05, 3.63) is 48.0 Å². The maximum Gasteiger partial charge on any atom is 0.156 e. The van der Waals surface area contributed by atoms with E-state index < -0.39 is 0 Å². The molecule has 2 aromatic rings. The van der Waals surface area contributed by atoms with Crippen molar-refractivity contribution in [2.75, 3.05) is 0 Å². The first-order chi connectivity index (χ1) is 8.18. The summed E-state index contributed by atoms with van der Waals surface area (Å²) in [7, 11) is 0. The fraction of sp³-hybridized carbons (Fsp3) is 0.0833. The Labute approximate surface area is 104 Å². The van der Waals surface area contributed by atoms with Gasteiger partial charge in [-0.3, -0.25) is 4.98 Å². The molecule has 0 aliphatic rings. The second-order valence-electron chi connectivity index (χ2n) is 3.40. The van der Waals surface area contributed by atoms with Crippen LogP contribution in [-0.2, 0) is 0 Å². The van der Waals surface area contributed by atoms with Crippen LogP contribution in [-0.4, -0.2) is 15.0 Å². The van der Waals surface area contributed by atoms with Crippen molar-refractivity contribution in [1.29, 1.82) is 0 Å². The Kier molecular flexibility index (Phi) is 3.30. The number of aromatic nitrogens is 2. The highest BCUT2D eigenvalue weighted by molar-refractivity contribution is 7.80. The molecule has 0 radical (unpaired) electrons. The molecule has 17 heavy (non-hydrogen) atoms. The topological polar surface area (TPSA) is 61.0 Å². The minimum Gasteiger partial charge on any atom is -0.453 e. The van der Waals surface area contributed by atoms with Crippen molar-refractivity contribution < 1.29 is 4.74 Å². The lowest BCUT2D eigenvalue weighted by molar-refractivity contribution is 0.472. The van der Waals surface area contributed by atoms with Crippen LogP contribution in [0.3, 0.4) is 0 Å². The Morgan fingerprint density at radius 1 is 1.18 bits per heavy atom. The minimum atomic E-state index is 0.210. The van der Waals surface area contributed by atoms with Gasteiger partial charge in [-0.25, -0.2) is 4.98 Å². The highest BCUT2D eigenvalue weighted by Gasteiger charge is 2.09. The fourth-order valence-electron chi connectivity index (χ4n) is 1.35. The summed E-state index contributed by atoms with van der Waals surface area (Å²) in [6.07, 6.45) is 3.33. The van der Waals surface area contributed by atoms with Crippen molar-refractivity contribution in [2.45, 2.75) is 6.92 Å². The molecule has 2 heterocycles. The van der Waals surface area contributed by atoms with Crippen LogP contribution < -0.4 is 10.5 Å². The number of thiocarbonyl (C=S) groups is 1. The number of nitrogens with zero attached hydrogens (tertiary/aromatic N) is 2. The van der Waals surface area contributed by atoms with Gasteiger partial charge in [0.25, 0.3) is 0 Å². The number of hydrogen-bond acceptors (Lipinski definition) is 4. The zero-order valence-corrected chi connectivity index (χ0v) is 10.1. The Bertz CT molecular complexity index is 557. The summed E-state index contributed by atoms with van der Waals surface area (Å²) in [5.74, 6) is 1.20. The van der Waals surface area contributed by atoms with Gasteiger partial charge in [-0.15, -0.1) is 0 Å². The number of rotatable bonds is 3. The molecule has 0 saturated heterocycles. The Hall–Kier alpha value is -2.01. The largest absolute Gasteiger partial charge is 0.453 e. The van der Waals surface area contributed by atoms with E-state index in [-0.39, 0.29) is 4.99 Å². The zero-order valence-electron chi connectivity index (χ0n) is 9.25. The molecule has 5 heteroatoms. The zero-order chi connectivity index (χ0) is 12.3. The summed E-state index contributed by atoms with van der Waals surface area (Å²) in [5, 5.41) is 0. The van der Waals surface area contributed by atoms with Crippen molar-refractivity contribution in [2.24, 2.45) is 5.73 Å². The summed E-state index contributed by atoms with van der Waals surface area (Å²) < 4.78 is 5.71. The first kappa shape index (κ1) is 11.5. The van der Waals surface area contributed by atoms with Gasteiger partial charge < -0.3 is 10.5 Å². The molecule has 0 spiro atoms. The highest BCUT2D eigenvalue weighted by Crippen LogP contribution is 2.25. The van der Waals surface area contributed by atoms with E-state index in [0.29, 0.717) is 17.2 Å². The molecule has 0 aromatic carbocycles. The van der Waals surface area contributed by atoms with Crippen molar-refractivity contribution in [3.8, 4) is 11.5 Å². The molecule has 0 bridgehead atoms. The molecule has 86 valence electrons. The van der Waals surface area contributed by atoms with Gasteiger partial charge >= 0.3 is 0 Å². The third-order valence-electron chi connectivity index (χ3n) is 2.18. The molecule has 0 aliphatic heterocycles. The monoisotopic (exact) mass is 245 g/mol. The minimum absolute atomic E-state index is 0.210. The number of nitrogens with two attached hydrogens (primary N) is 1. The lowest BCUT2D eigenvalue weighted by atomic mass is 10.3. The third kappa shape index (κ3) is 2.57. The lowest BCUT2D eigenvalue weighted by Gasteiger charge is -2.10. The Balaban J connectivity index is 2.37.